The van der Waals surface area contributed by atoms with Crippen LogP contribution in [0, 0.1) is 0 Å². The van der Waals surface area contributed by atoms with Crippen LogP contribution in [0.5, 0.6) is 0 Å². The van der Waals surface area contributed by atoms with Crippen molar-refractivity contribution in [2.45, 2.75) is 0 Å². The zero-order valence-electron chi connectivity index (χ0n) is 2.32. The van der Waals surface area contributed by atoms with Crippen molar-refractivity contribution in [3.05, 3.63) is 0 Å². The molecule has 0 aliphatic heterocycles. The van der Waals surface area contributed by atoms with E-state index < -0.39 is 0 Å². The average Bonchev–Trinajstić information content (AvgIpc) is 0. The van der Waals surface area contributed by atoms with Crippen LogP contribution in [0.15, 0.2) is 0 Å². The van der Waals surface area contributed by atoms with E-state index in [0.29, 0.717) is 0 Å². The molecule has 0 spiro atoms. The van der Waals surface area contributed by atoms with Crippen molar-refractivity contribution in [3.63, 3.8) is 0 Å². The minimum atomic E-state index is 0. The maximum atomic E-state index is 0. The van der Waals surface area contributed by atoms with Gasteiger partial charge in [0.25, 0.3) is 0 Å². The molecular formula is H7ClOSn2. The first kappa shape index (κ1) is 40.3. The summed E-state index contributed by atoms with van der Waals surface area (Å²) in [6.07, 6.45) is 0. The molecule has 0 aromatic heterocycles. The first-order valence-corrected chi connectivity index (χ1v) is 0. The van der Waals surface area contributed by atoms with Crippen molar-refractivity contribution in [1.82, 2.24) is 0 Å². The normalized spacial score (nSPS) is 0. The summed E-state index contributed by atoms with van der Waals surface area (Å²) in [4.78, 5) is 0. The van der Waals surface area contributed by atoms with E-state index in [1.807, 2.05) is 0 Å². The number of hydrogen-bond acceptors (Lipinski definition) is 0. The third kappa shape index (κ3) is 9.14. The molecule has 0 heterocycles. The predicted octanol–water partition coefficient (Wildman–Crippen LogP) is -2.24. The summed E-state index contributed by atoms with van der Waals surface area (Å²) in [7, 11) is 0. The standard InChI is InChI=1S/ClH.H2O.2Sn.4H/h1H;1H2;;;;;;. The van der Waals surface area contributed by atoms with Crippen molar-refractivity contribution in [1.29, 1.82) is 0 Å². The monoisotopic (exact) mass is 298 g/mol. The van der Waals surface area contributed by atoms with Gasteiger partial charge in [0.2, 0.25) is 0 Å². The fourth-order valence-electron chi connectivity index (χ4n) is 0. The fraction of sp³-hybridized carbons (Fsp3) is 0. The van der Waals surface area contributed by atoms with E-state index in [1.165, 1.54) is 0 Å². The molecule has 1 nitrogen and oxygen atoms in total. The topological polar surface area (TPSA) is 31.5 Å². The molecule has 0 aliphatic carbocycles. The second-order valence-electron chi connectivity index (χ2n) is 0. The Bertz CT molecular complexity index is 6.00. The molecule has 0 amide bonds. The van der Waals surface area contributed by atoms with E-state index in [1.54, 1.807) is 0 Å². The van der Waals surface area contributed by atoms with Crippen LogP contribution >= 0.6 is 12.4 Å². The molecule has 0 rings (SSSR count). The second-order valence-corrected chi connectivity index (χ2v) is 0. The summed E-state index contributed by atoms with van der Waals surface area (Å²) in [6, 6.07) is 0. The molecule has 0 aromatic rings. The fourth-order valence-corrected chi connectivity index (χ4v) is 0. The number of hydrogen-bond donors (Lipinski definition) is 0. The summed E-state index contributed by atoms with van der Waals surface area (Å²) >= 11 is 0. The first-order valence-electron chi connectivity index (χ1n) is 0. The van der Waals surface area contributed by atoms with Crippen molar-refractivity contribution in [3.8, 4) is 0 Å². The molecule has 0 bridgehead atoms. The van der Waals surface area contributed by atoms with Crippen LogP contribution in [0.1, 0.15) is 0 Å². The molecule has 0 aromatic carbocycles. The summed E-state index contributed by atoms with van der Waals surface area (Å²) < 4.78 is 0. The molecule has 0 fully saturated rings. The van der Waals surface area contributed by atoms with Crippen molar-refractivity contribution in [2.75, 3.05) is 0 Å². The van der Waals surface area contributed by atoms with Gasteiger partial charge in [-0.15, -0.1) is 12.4 Å². The van der Waals surface area contributed by atoms with E-state index in [2.05, 4.69) is 0 Å². The molecular weight excluding hydrogens is 289 g/mol. The van der Waals surface area contributed by atoms with E-state index in [0.717, 1.165) is 0 Å². The summed E-state index contributed by atoms with van der Waals surface area (Å²) in [5.74, 6) is 0. The Labute approximate surface area is 65.2 Å². The van der Waals surface area contributed by atoms with Crippen LogP contribution in [0.2, 0.25) is 0 Å². The van der Waals surface area contributed by atoms with Crippen LogP contribution in [-0.2, 0) is 0 Å². The predicted molar refractivity (Wildman–Crippen MR) is 27.9 cm³/mol. The quantitative estimate of drug-likeness (QED) is 0.453. The van der Waals surface area contributed by atoms with Gasteiger partial charge in [0, 0.05) is 0 Å². The third-order valence-corrected chi connectivity index (χ3v) is 0. The van der Waals surface area contributed by atoms with Gasteiger partial charge in [-0.25, -0.2) is 0 Å². The molecule has 0 saturated heterocycles. The van der Waals surface area contributed by atoms with Gasteiger partial charge >= 0.3 is 47.8 Å². The van der Waals surface area contributed by atoms with Crippen LogP contribution in [0.4, 0.5) is 0 Å². The van der Waals surface area contributed by atoms with E-state index in [-0.39, 0.29) is 65.7 Å². The Balaban J connectivity index is 0. The molecule has 4 heteroatoms. The van der Waals surface area contributed by atoms with Crippen LogP contribution in [0.3, 0.4) is 0 Å². The second kappa shape index (κ2) is 21.0. The Kier molecular flexibility index (Phi) is 212. The van der Waals surface area contributed by atoms with Crippen LogP contribution < -0.4 is 0 Å². The van der Waals surface area contributed by atoms with E-state index in [4.69, 9.17) is 0 Å². The van der Waals surface area contributed by atoms with Crippen LogP contribution in [-0.4, -0.2) is 53.3 Å². The summed E-state index contributed by atoms with van der Waals surface area (Å²) in [5.41, 5.74) is 0. The summed E-state index contributed by atoms with van der Waals surface area (Å²) in [6.45, 7) is 0. The number of halogens is 1. The molecule has 4 radical (unpaired) electrons. The van der Waals surface area contributed by atoms with Crippen molar-refractivity contribution < 1.29 is 5.48 Å². The molecule has 2 N–H and O–H groups in total. The Morgan fingerprint density at radius 1 is 0.750 bits per heavy atom. The molecule has 0 atom stereocenters. The van der Waals surface area contributed by atoms with Gasteiger partial charge in [0.15, 0.2) is 0 Å². The van der Waals surface area contributed by atoms with Crippen molar-refractivity contribution >= 4 is 60.2 Å². The molecule has 4 heavy (non-hydrogen) atoms. The minimum absolute atomic E-state index is 0. The zero-order valence-corrected chi connectivity index (χ0v) is 11.2. The summed E-state index contributed by atoms with van der Waals surface area (Å²) in [5, 5.41) is 0. The first-order chi connectivity index (χ1) is 0. The maximum absolute atomic E-state index is 0. The van der Waals surface area contributed by atoms with Gasteiger partial charge in [-0.1, -0.05) is 0 Å². The molecule has 28 valence electrons. The third-order valence-electron chi connectivity index (χ3n) is 0. The molecule has 0 saturated carbocycles. The SMILES string of the molecule is Cl.O.[SnH2].[SnH2]. The van der Waals surface area contributed by atoms with Gasteiger partial charge in [-0.05, 0) is 0 Å². The van der Waals surface area contributed by atoms with Gasteiger partial charge < -0.3 is 5.48 Å². The van der Waals surface area contributed by atoms with Gasteiger partial charge in [0.05, 0.1) is 0 Å². The van der Waals surface area contributed by atoms with Crippen LogP contribution in [0.25, 0.3) is 0 Å². The zero-order chi connectivity index (χ0) is 0. The van der Waals surface area contributed by atoms with Gasteiger partial charge in [-0.2, -0.15) is 0 Å². The number of rotatable bonds is 0. The molecule has 0 unspecified atom stereocenters. The van der Waals surface area contributed by atoms with E-state index >= 15 is 0 Å². The Hall–Kier alpha value is 1.85. The Morgan fingerprint density at radius 2 is 0.750 bits per heavy atom. The van der Waals surface area contributed by atoms with Gasteiger partial charge in [0.1, 0.15) is 0 Å². The van der Waals surface area contributed by atoms with Crippen molar-refractivity contribution in [2.24, 2.45) is 0 Å². The molecule has 0 aliphatic rings. The Morgan fingerprint density at radius 3 is 0.750 bits per heavy atom. The average molecular weight is 296 g/mol. The van der Waals surface area contributed by atoms with E-state index in [9.17, 15) is 0 Å². The van der Waals surface area contributed by atoms with Gasteiger partial charge in [-0.3, -0.25) is 0 Å².